The second-order valence-corrected chi connectivity index (χ2v) is 3.24. The van der Waals surface area contributed by atoms with Crippen LogP contribution in [0.15, 0.2) is 36.3 Å². The monoisotopic (exact) mass is 214 g/mol. The first-order valence-corrected chi connectivity index (χ1v) is 4.80. The van der Waals surface area contributed by atoms with Crippen molar-refractivity contribution in [2.45, 2.75) is 18.8 Å². The summed E-state index contributed by atoms with van der Waals surface area (Å²) in [6.07, 6.45) is 7.12. The number of allylic oxidation sites excluding steroid dienone is 2. The van der Waals surface area contributed by atoms with Gasteiger partial charge in [-0.05, 0) is 30.9 Å². The molecule has 0 aromatic carbocycles. The largest absolute Gasteiger partial charge is 0.454 e. The van der Waals surface area contributed by atoms with Crippen molar-refractivity contribution in [3.63, 3.8) is 0 Å². The van der Waals surface area contributed by atoms with Crippen LogP contribution in [-0.4, -0.2) is 17.0 Å². The molecule has 1 N–H and O–H groups in total. The van der Waals surface area contributed by atoms with Gasteiger partial charge in [-0.3, -0.25) is 0 Å². The van der Waals surface area contributed by atoms with Crippen LogP contribution in [0.2, 0.25) is 0 Å². The molecule has 2 rings (SSSR count). The molecule has 3 nitrogen and oxygen atoms in total. The highest BCUT2D eigenvalue weighted by atomic mass is 16.7. The normalized spacial score (nSPS) is 31.6. The molecule has 2 unspecified atom stereocenters. The van der Waals surface area contributed by atoms with Crippen molar-refractivity contribution < 1.29 is 14.6 Å². The van der Waals surface area contributed by atoms with Crippen molar-refractivity contribution in [3.8, 4) is 23.7 Å². The van der Waals surface area contributed by atoms with E-state index in [1.54, 1.807) is 25.2 Å². The van der Waals surface area contributed by atoms with Gasteiger partial charge in [0.05, 0.1) is 6.26 Å². The molecule has 2 aliphatic heterocycles. The molecule has 0 fully saturated rings. The summed E-state index contributed by atoms with van der Waals surface area (Å²) in [5.74, 6) is 10.1. The van der Waals surface area contributed by atoms with E-state index in [2.05, 4.69) is 23.7 Å². The van der Waals surface area contributed by atoms with Crippen LogP contribution in [-0.2, 0) is 9.47 Å². The number of aliphatic hydroxyl groups is 1. The second-order valence-electron chi connectivity index (χ2n) is 3.24. The highest BCUT2D eigenvalue weighted by Gasteiger charge is 2.45. The molecule has 3 heteroatoms. The molecule has 0 radical (unpaired) electrons. The standard InChI is InChI=1S/C13H10O3/c1-2-3-4-5-6-11-7-9-13(16-11)12(14)8-10-15-13/h6-10,12,14H,1H3/b11-6+. The van der Waals surface area contributed by atoms with Gasteiger partial charge in [-0.1, -0.05) is 11.8 Å². The van der Waals surface area contributed by atoms with Gasteiger partial charge in [0.25, 0.3) is 0 Å². The van der Waals surface area contributed by atoms with Crippen molar-refractivity contribution in [2.75, 3.05) is 0 Å². The molecule has 0 amide bonds. The Morgan fingerprint density at radius 3 is 3.06 bits per heavy atom. The Hall–Kier alpha value is -2.10. The highest BCUT2D eigenvalue weighted by molar-refractivity contribution is 5.36. The highest BCUT2D eigenvalue weighted by Crippen LogP contribution is 2.34. The summed E-state index contributed by atoms with van der Waals surface area (Å²) in [6, 6.07) is 0. The fraction of sp³-hybridized carbons (Fsp3) is 0.231. The lowest BCUT2D eigenvalue weighted by Crippen LogP contribution is -2.37. The molecule has 0 saturated heterocycles. The summed E-state index contributed by atoms with van der Waals surface area (Å²) in [4.78, 5) is 0. The van der Waals surface area contributed by atoms with Gasteiger partial charge in [0.1, 0.15) is 5.76 Å². The van der Waals surface area contributed by atoms with E-state index in [0.29, 0.717) is 5.76 Å². The first-order valence-electron chi connectivity index (χ1n) is 4.80. The lowest BCUT2D eigenvalue weighted by Gasteiger charge is -2.24. The molecule has 2 atom stereocenters. The Balaban J connectivity index is 2.07. The van der Waals surface area contributed by atoms with Crippen LogP contribution in [0.3, 0.4) is 0 Å². The molecule has 0 aliphatic carbocycles. The van der Waals surface area contributed by atoms with Crippen LogP contribution in [0.4, 0.5) is 0 Å². The van der Waals surface area contributed by atoms with Crippen LogP contribution in [0.5, 0.6) is 0 Å². The van der Waals surface area contributed by atoms with Crippen LogP contribution in [0.25, 0.3) is 0 Å². The first-order chi connectivity index (χ1) is 7.77. The number of aliphatic hydroxyl groups excluding tert-OH is 1. The van der Waals surface area contributed by atoms with E-state index in [-0.39, 0.29) is 0 Å². The maximum absolute atomic E-state index is 9.63. The fourth-order valence-electron chi connectivity index (χ4n) is 1.38. The van der Waals surface area contributed by atoms with Gasteiger partial charge in [0, 0.05) is 12.2 Å². The molecule has 0 aromatic rings. The SMILES string of the molecule is CC#CC#C/C=C1\C=CC2(OC=CC2O)O1. The van der Waals surface area contributed by atoms with Gasteiger partial charge in [0.2, 0.25) is 0 Å². The van der Waals surface area contributed by atoms with Crippen molar-refractivity contribution in [1.82, 2.24) is 0 Å². The van der Waals surface area contributed by atoms with Gasteiger partial charge in [-0.15, -0.1) is 0 Å². The average molecular weight is 214 g/mol. The average Bonchev–Trinajstić information content (AvgIpc) is 2.84. The lowest BCUT2D eigenvalue weighted by molar-refractivity contribution is -0.165. The van der Waals surface area contributed by atoms with Crippen LogP contribution >= 0.6 is 0 Å². The molecule has 0 saturated carbocycles. The Labute approximate surface area is 94.1 Å². The van der Waals surface area contributed by atoms with E-state index in [4.69, 9.17) is 9.47 Å². The molecule has 80 valence electrons. The molecule has 0 aromatic heterocycles. The maximum atomic E-state index is 9.63. The van der Waals surface area contributed by atoms with Crippen molar-refractivity contribution in [1.29, 1.82) is 0 Å². The Bertz CT molecular complexity index is 491. The zero-order chi connectivity index (χ0) is 11.4. The first kappa shape index (κ1) is 10.4. The van der Waals surface area contributed by atoms with E-state index in [0.717, 1.165) is 0 Å². The minimum atomic E-state index is -1.09. The lowest BCUT2D eigenvalue weighted by atomic mass is 10.1. The zero-order valence-corrected chi connectivity index (χ0v) is 8.73. The van der Waals surface area contributed by atoms with Crippen molar-refractivity contribution in [2.24, 2.45) is 0 Å². The quantitative estimate of drug-likeness (QED) is 0.613. The Kier molecular flexibility index (Phi) is 2.72. The van der Waals surface area contributed by atoms with Crippen molar-refractivity contribution >= 4 is 0 Å². The Morgan fingerprint density at radius 1 is 1.50 bits per heavy atom. The van der Waals surface area contributed by atoms with Gasteiger partial charge < -0.3 is 14.6 Å². The minimum Gasteiger partial charge on any atom is -0.454 e. The van der Waals surface area contributed by atoms with E-state index < -0.39 is 11.9 Å². The fourth-order valence-corrected chi connectivity index (χ4v) is 1.38. The summed E-state index contributed by atoms with van der Waals surface area (Å²) in [5, 5.41) is 9.63. The predicted molar refractivity (Wildman–Crippen MR) is 58.5 cm³/mol. The zero-order valence-electron chi connectivity index (χ0n) is 8.73. The molecule has 0 bridgehead atoms. The molecule has 1 spiro atoms. The third-order valence-electron chi connectivity index (χ3n) is 2.16. The van der Waals surface area contributed by atoms with Gasteiger partial charge >= 0.3 is 5.79 Å². The third kappa shape index (κ3) is 1.82. The van der Waals surface area contributed by atoms with E-state index in [9.17, 15) is 5.11 Å². The van der Waals surface area contributed by atoms with E-state index in [1.165, 1.54) is 12.3 Å². The molecular weight excluding hydrogens is 204 g/mol. The molecule has 2 heterocycles. The molecular formula is C13H10O3. The summed E-state index contributed by atoms with van der Waals surface area (Å²) in [7, 11) is 0. The van der Waals surface area contributed by atoms with Gasteiger partial charge in [-0.25, -0.2) is 0 Å². The number of hydrogen-bond acceptors (Lipinski definition) is 3. The smallest absolute Gasteiger partial charge is 0.300 e. The maximum Gasteiger partial charge on any atom is 0.300 e. The van der Waals surface area contributed by atoms with Crippen molar-refractivity contribution in [3.05, 3.63) is 36.3 Å². The van der Waals surface area contributed by atoms with Crippen LogP contribution < -0.4 is 0 Å². The van der Waals surface area contributed by atoms with E-state index in [1.807, 2.05) is 0 Å². The predicted octanol–water partition coefficient (Wildman–Crippen LogP) is 1.08. The van der Waals surface area contributed by atoms with Gasteiger partial charge in [-0.2, -0.15) is 0 Å². The van der Waals surface area contributed by atoms with Gasteiger partial charge in [0.15, 0.2) is 6.10 Å². The summed E-state index contributed by atoms with van der Waals surface area (Å²) >= 11 is 0. The summed E-state index contributed by atoms with van der Waals surface area (Å²) in [5.41, 5.74) is 0. The number of ether oxygens (including phenoxy) is 2. The topological polar surface area (TPSA) is 38.7 Å². The second kappa shape index (κ2) is 4.18. The summed E-state index contributed by atoms with van der Waals surface area (Å²) in [6.45, 7) is 1.72. The van der Waals surface area contributed by atoms with E-state index >= 15 is 0 Å². The Morgan fingerprint density at radius 2 is 2.38 bits per heavy atom. The minimum absolute atomic E-state index is 0.549. The third-order valence-corrected chi connectivity index (χ3v) is 2.16. The summed E-state index contributed by atoms with van der Waals surface area (Å²) < 4.78 is 10.7. The number of hydrogen-bond donors (Lipinski definition) is 1. The van der Waals surface area contributed by atoms with Crippen LogP contribution in [0.1, 0.15) is 6.92 Å². The van der Waals surface area contributed by atoms with Crippen LogP contribution in [0, 0.1) is 23.7 Å². The molecule has 16 heavy (non-hydrogen) atoms. The number of rotatable bonds is 0. The molecule has 2 aliphatic rings.